The number of hydrogen-bond donors (Lipinski definition) is 10. The molecule has 6 atom stereocenters. The van der Waals surface area contributed by atoms with E-state index in [0.717, 1.165) is 0 Å². The summed E-state index contributed by atoms with van der Waals surface area (Å²) in [4.78, 5) is 53.4. The van der Waals surface area contributed by atoms with Crippen LogP contribution in [0.1, 0.15) is 8.22 Å². The van der Waals surface area contributed by atoms with E-state index < -0.39 is 59.9 Å². The maximum atomic E-state index is 11.2. The van der Waals surface area contributed by atoms with E-state index in [1.54, 1.807) is 0 Å². The van der Waals surface area contributed by atoms with Crippen molar-refractivity contribution in [1.82, 2.24) is 6.15 Å². The first-order valence-electron chi connectivity index (χ1n) is 8.08. The van der Waals surface area contributed by atoms with E-state index >= 15 is 0 Å². The predicted molar refractivity (Wildman–Crippen MR) is 73.8 cm³/mol. The summed E-state index contributed by atoms with van der Waals surface area (Å²) in [6, 6.07) is 0. The first kappa shape index (κ1) is 16.2. The number of phosphoric ester groups is 3. The highest BCUT2D eigenvalue weighted by Crippen LogP contribution is 2.49. The minimum absolute atomic E-state index is 0. The second-order valence-electron chi connectivity index (χ2n) is 3.78. The fourth-order valence-electron chi connectivity index (χ4n) is 1.26. The topological polar surface area (TPSA) is 296 Å². The van der Waals surface area contributed by atoms with Gasteiger partial charge in [0, 0.05) is 0 Å². The van der Waals surface area contributed by atoms with Gasteiger partial charge in [-0.2, -0.15) is 0 Å². The largest absolute Gasteiger partial charge is 0.470 e. The molecule has 0 aromatic heterocycles. The van der Waals surface area contributed by atoms with Crippen molar-refractivity contribution in [2.24, 2.45) is 0 Å². The van der Waals surface area contributed by atoms with E-state index in [9.17, 15) is 29.0 Å². The number of phosphoric acid groups is 3. The average Bonchev–Trinajstić information content (AvgIpc) is 2.39. The summed E-state index contributed by atoms with van der Waals surface area (Å²) in [6.07, 6.45) is -29.8. The fraction of sp³-hybridized carbons (Fsp3) is 1.00. The zero-order valence-corrected chi connectivity index (χ0v) is 14.2. The zero-order chi connectivity index (χ0) is 24.6. The first-order valence-corrected chi connectivity index (χ1v) is 9.67. The van der Waals surface area contributed by atoms with E-state index in [0.29, 0.717) is 0 Å². The minimum Gasteiger partial charge on any atom is -0.387 e. The van der Waals surface area contributed by atoms with Gasteiger partial charge in [0.2, 0.25) is 0 Å². The van der Waals surface area contributed by atoms with Gasteiger partial charge in [-0.15, -0.1) is 0 Å². The Bertz CT molecular complexity index is 854. The molecule has 0 saturated heterocycles. The third-order valence-corrected chi connectivity index (χ3v) is 3.18. The van der Waals surface area contributed by atoms with Gasteiger partial charge in [-0.05, 0) is 0 Å². The van der Waals surface area contributed by atoms with Crippen molar-refractivity contribution in [3.05, 3.63) is 0 Å². The summed E-state index contributed by atoms with van der Waals surface area (Å²) in [5, 5.41) is 30.5. The molecule has 1 aliphatic carbocycles. The van der Waals surface area contributed by atoms with Gasteiger partial charge in [0.25, 0.3) is 0 Å². The van der Waals surface area contributed by atoms with Crippen LogP contribution in [0.25, 0.3) is 0 Å². The summed E-state index contributed by atoms with van der Waals surface area (Å²) >= 11 is 0. The van der Waals surface area contributed by atoms with Crippen LogP contribution in [0.2, 0.25) is 0 Å². The number of aliphatic hydroxyl groups is 3. The lowest BCUT2D eigenvalue weighted by Crippen LogP contribution is -2.65. The molecule has 1 aliphatic rings. The Hall–Kier alpha value is 0.170. The summed E-state index contributed by atoms with van der Waals surface area (Å²) in [5.74, 6) is 0. The highest BCUT2D eigenvalue weighted by Gasteiger charge is 2.56. The maximum absolute atomic E-state index is 11.2. The standard InChI is InChI=1S/C6H15O15P3.H3N/c7-1-2(8)5(20-23(13,14)15)6(21-24(16,17)18)3(9)4(1)19-22(10,11)12;/h1-9H,(H2,10,11,12)(H2,13,14,15)(H2,16,17,18);1H3/t1-,2-,3+,4+,5+,6+;/m1./s1/i1D,2D,3D,4D,5D,6D;. The normalized spacial score (nSPS) is 55.6. The van der Waals surface area contributed by atoms with Crippen LogP contribution >= 0.6 is 23.5 Å². The monoisotopic (exact) mass is 443 g/mol. The van der Waals surface area contributed by atoms with Crippen molar-refractivity contribution in [3.8, 4) is 0 Å². The molecule has 152 valence electrons. The van der Waals surface area contributed by atoms with Crippen molar-refractivity contribution < 1.29 is 80.2 Å². The van der Waals surface area contributed by atoms with Crippen LogP contribution in [0, 0.1) is 0 Å². The van der Waals surface area contributed by atoms with Gasteiger partial charge in [-0.25, -0.2) is 13.7 Å². The smallest absolute Gasteiger partial charge is 0.387 e. The summed E-state index contributed by atoms with van der Waals surface area (Å²) < 4.78 is 90.1. The van der Waals surface area contributed by atoms with Gasteiger partial charge in [0.15, 0.2) is 0 Å². The second kappa shape index (κ2) is 8.46. The van der Waals surface area contributed by atoms with Crippen LogP contribution in [-0.2, 0) is 27.3 Å². The third kappa shape index (κ3) is 7.74. The van der Waals surface area contributed by atoms with Crippen molar-refractivity contribution in [2.45, 2.75) is 36.5 Å². The second-order valence-corrected chi connectivity index (χ2v) is 7.27. The molecular formula is C6H18NO15P3. The van der Waals surface area contributed by atoms with Crippen LogP contribution in [0.5, 0.6) is 0 Å². The molecule has 0 aromatic carbocycles. The molecule has 1 fully saturated rings. The lowest BCUT2D eigenvalue weighted by atomic mass is 9.85. The highest BCUT2D eigenvalue weighted by molar-refractivity contribution is 7.46. The van der Waals surface area contributed by atoms with Crippen LogP contribution in [0.3, 0.4) is 0 Å². The van der Waals surface area contributed by atoms with Gasteiger partial charge in [0.1, 0.15) is 36.5 Å². The minimum atomic E-state index is -6.32. The summed E-state index contributed by atoms with van der Waals surface area (Å²) in [6.45, 7) is 0. The Labute approximate surface area is 147 Å². The van der Waals surface area contributed by atoms with Crippen LogP contribution in [0.15, 0.2) is 0 Å². The lowest BCUT2D eigenvalue weighted by molar-refractivity contribution is -0.212. The Morgan fingerprint density at radius 1 is 0.600 bits per heavy atom. The van der Waals surface area contributed by atoms with E-state index in [1.807, 2.05) is 0 Å². The zero-order valence-electron chi connectivity index (χ0n) is 17.5. The van der Waals surface area contributed by atoms with E-state index in [1.165, 1.54) is 0 Å². The SMILES string of the molecule is N.[2H][C@]1(O)[C@@]([2H])(OP(=O)(O)O)[C@]([2H])(O)[C@@]([2H])(O)[C@]([2H])(OP(=O)(O)O)[C@@]1([2H])OP(=O)(O)O. The summed E-state index contributed by atoms with van der Waals surface area (Å²) in [5.41, 5.74) is 0. The van der Waals surface area contributed by atoms with Crippen molar-refractivity contribution in [3.63, 3.8) is 0 Å². The Morgan fingerprint density at radius 2 is 0.840 bits per heavy atom. The van der Waals surface area contributed by atoms with Gasteiger partial charge in [0.05, 0.1) is 8.22 Å². The molecule has 16 nitrogen and oxygen atoms in total. The quantitative estimate of drug-likeness (QED) is 0.180. The molecule has 1 saturated carbocycles. The molecule has 0 aromatic rings. The fourth-order valence-corrected chi connectivity index (χ4v) is 2.48. The molecule has 0 heterocycles. The summed E-state index contributed by atoms with van der Waals surface area (Å²) in [7, 11) is -18.8. The molecule has 19 heteroatoms. The van der Waals surface area contributed by atoms with Gasteiger partial charge >= 0.3 is 23.5 Å². The third-order valence-electron chi connectivity index (χ3n) is 1.92. The molecule has 0 bridgehead atoms. The first-order chi connectivity index (χ1) is 12.6. The molecule has 0 radical (unpaired) electrons. The molecule has 0 aliphatic heterocycles. The lowest BCUT2D eigenvalue weighted by Gasteiger charge is -2.44. The van der Waals surface area contributed by atoms with Crippen LogP contribution in [0.4, 0.5) is 0 Å². The average molecular weight is 443 g/mol. The molecule has 0 spiro atoms. The van der Waals surface area contributed by atoms with Crippen LogP contribution < -0.4 is 6.15 Å². The van der Waals surface area contributed by atoms with E-state index in [4.69, 9.17) is 37.6 Å². The van der Waals surface area contributed by atoms with Crippen molar-refractivity contribution >= 4 is 23.5 Å². The molecule has 0 unspecified atom stereocenters. The Morgan fingerprint density at radius 3 is 1.16 bits per heavy atom. The van der Waals surface area contributed by atoms with Crippen LogP contribution in [-0.4, -0.2) is 81.2 Å². The molecular weight excluding hydrogens is 419 g/mol. The number of rotatable bonds is 6. The molecule has 0 amide bonds. The maximum Gasteiger partial charge on any atom is 0.470 e. The van der Waals surface area contributed by atoms with Gasteiger partial charge in [-0.1, -0.05) is 0 Å². The predicted octanol–water partition coefficient (Wildman–Crippen LogP) is -3.32. The molecule has 25 heavy (non-hydrogen) atoms. The number of hydrogen-bond acceptors (Lipinski definition) is 10. The highest BCUT2D eigenvalue weighted by atomic mass is 31.2. The van der Waals surface area contributed by atoms with E-state index in [-0.39, 0.29) is 6.15 Å². The molecule has 12 N–H and O–H groups in total. The van der Waals surface area contributed by atoms with Crippen molar-refractivity contribution in [1.29, 1.82) is 0 Å². The Balaban J connectivity index is 0.00000900. The Kier molecular flexibility index (Phi) is 5.46. The van der Waals surface area contributed by atoms with E-state index in [2.05, 4.69) is 13.6 Å². The van der Waals surface area contributed by atoms with Gasteiger partial charge < -0.3 is 50.8 Å². The molecule has 1 rings (SSSR count). The van der Waals surface area contributed by atoms with Gasteiger partial charge in [-0.3, -0.25) is 13.6 Å². The van der Waals surface area contributed by atoms with Crippen molar-refractivity contribution in [2.75, 3.05) is 0 Å².